The summed E-state index contributed by atoms with van der Waals surface area (Å²) in [4.78, 5) is 24.4. The van der Waals surface area contributed by atoms with Crippen LogP contribution in [0.3, 0.4) is 0 Å². The summed E-state index contributed by atoms with van der Waals surface area (Å²) in [6.45, 7) is 9.52. The summed E-state index contributed by atoms with van der Waals surface area (Å²) < 4.78 is 5.34. The zero-order valence-corrected chi connectivity index (χ0v) is 13.5. The number of carbonyl (C=O) groups is 1. The minimum atomic E-state index is -0.645. The number of hydrogen-bond donors (Lipinski definition) is 1. The number of benzene rings is 1. The Kier molecular flexibility index (Phi) is 4.31. The second-order valence-corrected chi connectivity index (χ2v) is 6.47. The highest BCUT2D eigenvalue weighted by Gasteiger charge is 2.30. The van der Waals surface area contributed by atoms with Gasteiger partial charge in [0.1, 0.15) is 11.4 Å². The third-order valence-corrected chi connectivity index (χ3v) is 3.50. The fraction of sp³-hybridized carbons (Fsp3) is 0.438. The van der Waals surface area contributed by atoms with Gasteiger partial charge in [-0.25, -0.2) is 4.79 Å². The molecule has 124 valence electrons. The molecule has 0 radical (unpaired) electrons. The van der Waals surface area contributed by atoms with Crippen molar-refractivity contribution in [1.82, 2.24) is 4.90 Å². The first-order valence-corrected chi connectivity index (χ1v) is 7.25. The van der Waals surface area contributed by atoms with E-state index in [1.165, 1.54) is 17.0 Å². The SMILES string of the molecule is C=C1CCN(C(=O)OC(C)(C)C)Cc2c(O)ccc([N+](=O)[O-])c21. The summed E-state index contributed by atoms with van der Waals surface area (Å²) >= 11 is 0. The standard InChI is InChI=1S/C16H20N2O5/c1-10-7-8-17(15(20)23-16(2,3)4)9-11-13(19)6-5-12(14(10)11)18(21)22/h5-6,19H,1,7-9H2,2-4H3. The average molecular weight is 320 g/mol. The van der Waals surface area contributed by atoms with Crippen molar-refractivity contribution in [3.05, 3.63) is 40.0 Å². The molecule has 1 aliphatic heterocycles. The quantitative estimate of drug-likeness (QED) is 0.632. The second-order valence-electron chi connectivity index (χ2n) is 6.47. The Labute approximate surface area is 134 Å². The number of rotatable bonds is 1. The van der Waals surface area contributed by atoms with Gasteiger partial charge >= 0.3 is 6.09 Å². The molecule has 1 N–H and O–H groups in total. The third kappa shape index (κ3) is 3.61. The molecule has 1 heterocycles. The predicted molar refractivity (Wildman–Crippen MR) is 85.1 cm³/mol. The number of nitrogens with zero attached hydrogens (tertiary/aromatic N) is 2. The molecule has 0 aromatic heterocycles. The smallest absolute Gasteiger partial charge is 0.410 e. The number of phenolic OH excluding ortho intramolecular Hbond substituents is 1. The first-order chi connectivity index (χ1) is 10.6. The molecule has 23 heavy (non-hydrogen) atoms. The van der Waals surface area contributed by atoms with Crippen molar-refractivity contribution >= 4 is 17.4 Å². The Balaban J connectivity index is 2.43. The van der Waals surface area contributed by atoms with Gasteiger partial charge in [-0.1, -0.05) is 6.58 Å². The fourth-order valence-electron chi connectivity index (χ4n) is 2.48. The van der Waals surface area contributed by atoms with Crippen LogP contribution in [0.1, 0.15) is 38.3 Å². The third-order valence-electron chi connectivity index (χ3n) is 3.50. The molecule has 7 nitrogen and oxygen atoms in total. The summed E-state index contributed by atoms with van der Waals surface area (Å²) in [5.41, 5.74) is 0.393. The molecule has 0 spiro atoms. The van der Waals surface area contributed by atoms with Gasteiger partial charge in [-0.05, 0) is 38.8 Å². The number of hydrogen-bond acceptors (Lipinski definition) is 5. The van der Waals surface area contributed by atoms with Crippen LogP contribution in [0.5, 0.6) is 5.75 Å². The van der Waals surface area contributed by atoms with Gasteiger partial charge in [-0.2, -0.15) is 0 Å². The molecule has 0 atom stereocenters. The van der Waals surface area contributed by atoms with E-state index >= 15 is 0 Å². The molecular weight excluding hydrogens is 300 g/mol. The molecule has 0 saturated carbocycles. The van der Waals surface area contributed by atoms with Gasteiger partial charge < -0.3 is 14.7 Å². The summed E-state index contributed by atoms with van der Waals surface area (Å²) in [5, 5.41) is 21.3. The van der Waals surface area contributed by atoms with Crippen LogP contribution < -0.4 is 0 Å². The topological polar surface area (TPSA) is 92.9 Å². The summed E-state index contributed by atoms with van der Waals surface area (Å²) in [6, 6.07) is 2.52. The van der Waals surface area contributed by atoms with Crippen molar-refractivity contribution in [3.63, 3.8) is 0 Å². The number of fused-ring (bicyclic) bond motifs is 1. The number of amides is 1. The van der Waals surface area contributed by atoms with E-state index in [9.17, 15) is 20.0 Å². The lowest BCUT2D eigenvalue weighted by molar-refractivity contribution is -0.385. The summed E-state index contributed by atoms with van der Waals surface area (Å²) in [7, 11) is 0. The Hall–Kier alpha value is -2.57. The van der Waals surface area contributed by atoms with Crippen molar-refractivity contribution in [2.45, 2.75) is 39.3 Å². The molecule has 1 amide bonds. The molecule has 1 aromatic carbocycles. The van der Waals surface area contributed by atoms with Crippen molar-refractivity contribution < 1.29 is 19.6 Å². The number of aromatic hydroxyl groups is 1. The predicted octanol–water partition coefficient (Wildman–Crippen LogP) is 3.45. The van der Waals surface area contributed by atoms with Crippen LogP contribution in [0.25, 0.3) is 5.57 Å². The normalized spacial score (nSPS) is 14.9. The number of nitro benzene ring substituents is 1. The molecule has 0 bridgehead atoms. The van der Waals surface area contributed by atoms with E-state index in [2.05, 4.69) is 6.58 Å². The van der Waals surface area contributed by atoms with Gasteiger partial charge in [-0.15, -0.1) is 0 Å². The Morgan fingerprint density at radius 3 is 2.65 bits per heavy atom. The van der Waals surface area contributed by atoms with E-state index in [4.69, 9.17) is 4.74 Å². The maximum Gasteiger partial charge on any atom is 0.410 e. The zero-order chi connectivity index (χ0) is 17.4. The molecule has 0 fully saturated rings. The maximum atomic E-state index is 12.3. The van der Waals surface area contributed by atoms with Gasteiger partial charge in [0, 0.05) is 18.2 Å². The van der Waals surface area contributed by atoms with E-state index in [0.29, 0.717) is 29.7 Å². The van der Waals surface area contributed by atoms with E-state index in [-0.39, 0.29) is 18.0 Å². The van der Waals surface area contributed by atoms with Crippen LogP contribution in [-0.4, -0.2) is 33.2 Å². The van der Waals surface area contributed by atoms with E-state index in [0.717, 1.165) is 0 Å². The minimum Gasteiger partial charge on any atom is -0.508 e. The molecule has 0 aliphatic carbocycles. The highest BCUT2D eigenvalue weighted by Crippen LogP contribution is 2.38. The molecule has 2 rings (SSSR count). The van der Waals surface area contributed by atoms with Crippen molar-refractivity contribution in [2.24, 2.45) is 0 Å². The fourth-order valence-corrected chi connectivity index (χ4v) is 2.48. The number of phenols is 1. The van der Waals surface area contributed by atoms with E-state index in [1.807, 2.05) is 0 Å². The van der Waals surface area contributed by atoms with Crippen LogP contribution in [0.2, 0.25) is 0 Å². The van der Waals surface area contributed by atoms with Gasteiger partial charge in [0.25, 0.3) is 5.69 Å². The molecule has 1 aliphatic rings. The summed E-state index contributed by atoms with van der Waals surface area (Å²) in [5.74, 6) is -0.0952. The molecule has 0 unspecified atom stereocenters. The second kappa shape index (κ2) is 5.91. The lowest BCUT2D eigenvalue weighted by atomic mass is 9.97. The Morgan fingerprint density at radius 2 is 2.09 bits per heavy atom. The molecule has 1 aromatic rings. The van der Waals surface area contributed by atoms with Gasteiger partial charge in [0.05, 0.1) is 17.0 Å². The van der Waals surface area contributed by atoms with Gasteiger partial charge in [-0.3, -0.25) is 10.1 Å². The van der Waals surface area contributed by atoms with Crippen LogP contribution in [0.4, 0.5) is 10.5 Å². The van der Waals surface area contributed by atoms with Crippen LogP contribution in [0.15, 0.2) is 18.7 Å². The Bertz CT molecular complexity index is 676. The van der Waals surface area contributed by atoms with Crippen LogP contribution in [0, 0.1) is 10.1 Å². The highest BCUT2D eigenvalue weighted by molar-refractivity contribution is 5.78. The lowest BCUT2D eigenvalue weighted by Gasteiger charge is -2.26. The lowest BCUT2D eigenvalue weighted by Crippen LogP contribution is -2.36. The van der Waals surface area contributed by atoms with Gasteiger partial charge in [0.15, 0.2) is 0 Å². The monoisotopic (exact) mass is 320 g/mol. The first-order valence-electron chi connectivity index (χ1n) is 7.25. The number of nitro groups is 1. The minimum absolute atomic E-state index is 0.0385. The van der Waals surface area contributed by atoms with Crippen molar-refractivity contribution in [2.75, 3.05) is 6.54 Å². The average Bonchev–Trinajstić information content (AvgIpc) is 2.58. The number of ether oxygens (including phenoxy) is 1. The van der Waals surface area contributed by atoms with Crippen molar-refractivity contribution in [3.8, 4) is 5.75 Å². The zero-order valence-electron chi connectivity index (χ0n) is 13.5. The highest BCUT2D eigenvalue weighted by atomic mass is 16.6. The van der Waals surface area contributed by atoms with E-state index in [1.54, 1.807) is 20.8 Å². The molecular formula is C16H20N2O5. The van der Waals surface area contributed by atoms with E-state index < -0.39 is 16.6 Å². The Morgan fingerprint density at radius 1 is 1.43 bits per heavy atom. The van der Waals surface area contributed by atoms with Gasteiger partial charge in [0.2, 0.25) is 0 Å². The first kappa shape index (κ1) is 16.8. The largest absolute Gasteiger partial charge is 0.508 e. The van der Waals surface area contributed by atoms with Crippen LogP contribution in [-0.2, 0) is 11.3 Å². The molecule has 7 heteroatoms. The summed E-state index contributed by atoms with van der Waals surface area (Å²) in [6.07, 6.45) is -0.152. The van der Waals surface area contributed by atoms with Crippen LogP contribution >= 0.6 is 0 Å². The molecule has 0 saturated heterocycles. The number of carbonyl (C=O) groups excluding carboxylic acids is 1. The van der Waals surface area contributed by atoms with Crippen molar-refractivity contribution in [1.29, 1.82) is 0 Å². The maximum absolute atomic E-state index is 12.3.